The van der Waals surface area contributed by atoms with Gasteiger partial charge in [0.15, 0.2) is 0 Å². The Morgan fingerprint density at radius 2 is 1.84 bits per heavy atom. The van der Waals surface area contributed by atoms with E-state index in [1.54, 1.807) is 17.0 Å². The SMILES string of the molecule is O=C(NCCCc1ccccc1)[C@H]1CC(=O)N(c2ccc(F)cc2)C1. The lowest BCUT2D eigenvalue weighted by atomic mass is 10.1. The average molecular weight is 340 g/mol. The van der Waals surface area contributed by atoms with E-state index >= 15 is 0 Å². The fraction of sp³-hybridized carbons (Fsp3) is 0.300. The van der Waals surface area contributed by atoms with Gasteiger partial charge >= 0.3 is 0 Å². The number of nitrogens with one attached hydrogen (secondary N) is 1. The second-order valence-electron chi connectivity index (χ2n) is 6.26. The molecule has 4 nitrogen and oxygen atoms in total. The molecule has 25 heavy (non-hydrogen) atoms. The van der Waals surface area contributed by atoms with Crippen LogP contribution in [-0.2, 0) is 16.0 Å². The summed E-state index contributed by atoms with van der Waals surface area (Å²) in [7, 11) is 0. The van der Waals surface area contributed by atoms with Gasteiger partial charge in [0.2, 0.25) is 11.8 Å². The van der Waals surface area contributed by atoms with Gasteiger partial charge in [-0.25, -0.2) is 4.39 Å². The largest absolute Gasteiger partial charge is 0.356 e. The maximum Gasteiger partial charge on any atom is 0.227 e. The van der Waals surface area contributed by atoms with Crippen molar-refractivity contribution in [1.29, 1.82) is 0 Å². The van der Waals surface area contributed by atoms with Gasteiger partial charge in [-0.3, -0.25) is 9.59 Å². The summed E-state index contributed by atoms with van der Waals surface area (Å²) in [5, 5.41) is 2.92. The van der Waals surface area contributed by atoms with Gasteiger partial charge in [0, 0.05) is 25.2 Å². The van der Waals surface area contributed by atoms with Gasteiger partial charge in [0.05, 0.1) is 5.92 Å². The zero-order valence-corrected chi connectivity index (χ0v) is 14.0. The lowest BCUT2D eigenvalue weighted by Gasteiger charge is -2.16. The molecule has 2 amide bonds. The van der Waals surface area contributed by atoms with Crippen LogP contribution in [0.15, 0.2) is 54.6 Å². The predicted octanol–water partition coefficient (Wildman–Crippen LogP) is 2.93. The van der Waals surface area contributed by atoms with E-state index in [4.69, 9.17) is 0 Å². The summed E-state index contributed by atoms with van der Waals surface area (Å²) in [6.07, 6.45) is 1.96. The Hall–Kier alpha value is -2.69. The first kappa shape index (κ1) is 17.1. The number of hydrogen-bond acceptors (Lipinski definition) is 2. The topological polar surface area (TPSA) is 49.4 Å². The zero-order valence-electron chi connectivity index (χ0n) is 14.0. The molecule has 1 aliphatic rings. The number of benzene rings is 2. The van der Waals surface area contributed by atoms with Crippen LogP contribution in [0.25, 0.3) is 0 Å². The van der Waals surface area contributed by atoms with Crippen LogP contribution in [-0.4, -0.2) is 24.9 Å². The van der Waals surface area contributed by atoms with E-state index in [2.05, 4.69) is 17.4 Å². The van der Waals surface area contributed by atoms with Crippen molar-refractivity contribution in [3.05, 3.63) is 66.0 Å². The van der Waals surface area contributed by atoms with E-state index < -0.39 is 0 Å². The minimum atomic E-state index is -0.353. The van der Waals surface area contributed by atoms with Crippen LogP contribution in [0.1, 0.15) is 18.4 Å². The van der Waals surface area contributed by atoms with Gasteiger partial charge in [-0.15, -0.1) is 0 Å². The van der Waals surface area contributed by atoms with Crippen molar-refractivity contribution in [2.75, 3.05) is 18.0 Å². The molecule has 2 aromatic carbocycles. The van der Waals surface area contributed by atoms with E-state index in [9.17, 15) is 14.0 Å². The maximum atomic E-state index is 13.0. The molecule has 5 heteroatoms. The smallest absolute Gasteiger partial charge is 0.227 e. The van der Waals surface area contributed by atoms with E-state index in [0.29, 0.717) is 18.8 Å². The average Bonchev–Trinajstić information content (AvgIpc) is 3.02. The van der Waals surface area contributed by atoms with Crippen LogP contribution in [0, 0.1) is 11.7 Å². The highest BCUT2D eigenvalue weighted by atomic mass is 19.1. The molecular formula is C20H21FN2O2. The fourth-order valence-corrected chi connectivity index (χ4v) is 3.05. The molecule has 0 radical (unpaired) electrons. The fourth-order valence-electron chi connectivity index (χ4n) is 3.05. The molecule has 3 rings (SSSR count). The molecule has 1 saturated heterocycles. The number of aryl methyl sites for hydroxylation is 1. The van der Waals surface area contributed by atoms with Gasteiger partial charge in [-0.05, 0) is 42.7 Å². The van der Waals surface area contributed by atoms with Gasteiger partial charge in [-0.1, -0.05) is 30.3 Å². The molecule has 1 heterocycles. The third-order valence-electron chi connectivity index (χ3n) is 4.42. The van der Waals surface area contributed by atoms with Crippen molar-refractivity contribution in [3.8, 4) is 0 Å². The number of carbonyl (C=O) groups is 2. The Morgan fingerprint density at radius 1 is 1.12 bits per heavy atom. The number of rotatable bonds is 6. The van der Waals surface area contributed by atoms with Crippen molar-refractivity contribution >= 4 is 17.5 Å². The molecule has 0 unspecified atom stereocenters. The Balaban J connectivity index is 1.46. The summed E-state index contributed by atoms with van der Waals surface area (Å²) >= 11 is 0. The van der Waals surface area contributed by atoms with Crippen molar-refractivity contribution in [3.63, 3.8) is 0 Å². The van der Waals surface area contributed by atoms with Gasteiger partial charge in [0.1, 0.15) is 5.82 Å². The first-order valence-corrected chi connectivity index (χ1v) is 8.51. The lowest BCUT2D eigenvalue weighted by Crippen LogP contribution is -2.33. The molecule has 1 aliphatic heterocycles. The molecule has 0 spiro atoms. The predicted molar refractivity (Wildman–Crippen MR) is 94.6 cm³/mol. The first-order valence-electron chi connectivity index (χ1n) is 8.51. The van der Waals surface area contributed by atoms with E-state index in [0.717, 1.165) is 12.8 Å². The van der Waals surface area contributed by atoms with Crippen molar-refractivity contribution in [2.24, 2.45) is 5.92 Å². The van der Waals surface area contributed by atoms with Crippen LogP contribution < -0.4 is 10.2 Å². The molecule has 0 aliphatic carbocycles. The number of halogens is 1. The molecule has 0 bridgehead atoms. The van der Waals surface area contributed by atoms with Crippen molar-refractivity contribution in [1.82, 2.24) is 5.32 Å². The van der Waals surface area contributed by atoms with Crippen molar-refractivity contribution in [2.45, 2.75) is 19.3 Å². The Kier molecular flexibility index (Phi) is 5.43. The Labute approximate surface area is 146 Å². The number of amides is 2. The van der Waals surface area contributed by atoms with Crippen molar-refractivity contribution < 1.29 is 14.0 Å². The molecular weight excluding hydrogens is 319 g/mol. The number of hydrogen-bond donors (Lipinski definition) is 1. The summed E-state index contributed by atoms with van der Waals surface area (Å²) < 4.78 is 13.0. The summed E-state index contributed by atoms with van der Waals surface area (Å²) in [4.78, 5) is 26.0. The monoisotopic (exact) mass is 340 g/mol. The van der Waals surface area contributed by atoms with E-state index in [-0.39, 0.29) is 30.0 Å². The summed E-state index contributed by atoms with van der Waals surface area (Å²) in [6, 6.07) is 15.9. The van der Waals surface area contributed by atoms with Crippen LogP contribution in [0.4, 0.5) is 10.1 Å². The Morgan fingerprint density at radius 3 is 2.56 bits per heavy atom. The number of anilines is 1. The van der Waals surface area contributed by atoms with Gasteiger partial charge in [0.25, 0.3) is 0 Å². The highest BCUT2D eigenvalue weighted by molar-refractivity contribution is 6.00. The molecule has 0 saturated carbocycles. The number of nitrogens with zero attached hydrogens (tertiary/aromatic N) is 1. The molecule has 2 aromatic rings. The van der Waals surface area contributed by atoms with Crippen LogP contribution in [0.2, 0.25) is 0 Å². The van der Waals surface area contributed by atoms with E-state index in [1.807, 2.05) is 18.2 Å². The second-order valence-corrected chi connectivity index (χ2v) is 6.26. The summed E-state index contributed by atoms with van der Waals surface area (Å²) in [6.45, 7) is 0.934. The normalized spacial score (nSPS) is 16.9. The van der Waals surface area contributed by atoms with E-state index in [1.165, 1.54) is 17.7 Å². The first-order chi connectivity index (χ1) is 12.1. The zero-order chi connectivity index (χ0) is 17.6. The molecule has 1 atom stereocenters. The van der Waals surface area contributed by atoms with Crippen LogP contribution >= 0.6 is 0 Å². The van der Waals surface area contributed by atoms with Gasteiger partial charge in [-0.2, -0.15) is 0 Å². The highest BCUT2D eigenvalue weighted by Crippen LogP contribution is 2.25. The van der Waals surface area contributed by atoms with Gasteiger partial charge < -0.3 is 10.2 Å². The molecule has 0 aromatic heterocycles. The Bertz CT molecular complexity index is 731. The standard InChI is InChI=1S/C20H21FN2O2/c21-17-8-10-18(11-9-17)23-14-16(13-19(23)24)20(25)22-12-4-7-15-5-2-1-3-6-15/h1-3,5-6,8-11,16H,4,7,12-14H2,(H,22,25)/t16-/m0/s1. The maximum absolute atomic E-state index is 13.0. The van der Waals surface area contributed by atoms with Crippen LogP contribution in [0.3, 0.4) is 0 Å². The second kappa shape index (κ2) is 7.92. The minimum Gasteiger partial charge on any atom is -0.356 e. The third-order valence-corrected chi connectivity index (χ3v) is 4.42. The number of carbonyl (C=O) groups excluding carboxylic acids is 2. The van der Waals surface area contributed by atoms with Crippen LogP contribution in [0.5, 0.6) is 0 Å². The quantitative estimate of drug-likeness (QED) is 0.822. The third kappa shape index (κ3) is 4.44. The highest BCUT2D eigenvalue weighted by Gasteiger charge is 2.34. The molecule has 1 fully saturated rings. The molecule has 130 valence electrons. The minimum absolute atomic E-state index is 0.0916. The lowest BCUT2D eigenvalue weighted by molar-refractivity contribution is -0.126. The summed E-state index contributed by atoms with van der Waals surface area (Å²) in [5.41, 5.74) is 1.88. The summed E-state index contributed by atoms with van der Waals surface area (Å²) in [5.74, 6) is -0.889. The molecule has 1 N–H and O–H groups in total.